The highest BCUT2D eigenvalue weighted by atomic mass is 35.5. The highest BCUT2D eigenvalue weighted by Gasteiger charge is 2.42. The summed E-state index contributed by atoms with van der Waals surface area (Å²) in [7, 11) is 0. The molecule has 3 aromatic rings. The fourth-order valence-electron chi connectivity index (χ4n) is 4.85. The Bertz CT molecular complexity index is 1320. The van der Waals surface area contributed by atoms with Crippen molar-refractivity contribution in [1.82, 2.24) is 24.6 Å². The Balaban J connectivity index is 1.44. The summed E-state index contributed by atoms with van der Waals surface area (Å²) < 4.78 is 56.3. The molecule has 5 rings (SSSR count). The Morgan fingerprint density at radius 1 is 1.11 bits per heavy atom. The highest BCUT2D eigenvalue weighted by Crippen LogP contribution is 2.36. The van der Waals surface area contributed by atoms with Gasteiger partial charge in [0.2, 0.25) is 0 Å². The van der Waals surface area contributed by atoms with Crippen LogP contribution >= 0.6 is 11.6 Å². The van der Waals surface area contributed by atoms with Gasteiger partial charge in [-0.25, -0.2) is 9.37 Å². The molecule has 4 heterocycles. The van der Waals surface area contributed by atoms with Crippen molar-refractivity contribution < 1.29 is 17.6 Å². The van der Waals surface area contributed by atoms with Crippen molar-refractivity contribution in [1.29, 1.82) is 5.26 Å². The number of piperidine rings is 1. The van der Waals surface area contributed by atoms with Crippen LogP contribution in [0, 0.1) is 17.1 Å². The second-order valence-electron chi connectivity index (χ2n) is 9.08. The van der Waals surface area contributed by atoms with Crippen molar-refractivity contribution in [2.24, 2.45) is 0 Å². The minimum atomic E-state index is -4.39. The number of alkyl halides is 3. The van der Waals surface area contributed by atoms with Crippen LogP contribution in [-0.2, 0) is 13.1 Å². The standard InChI is InChI=1S/C24H22ClF4N7/c1-14(24(27,28)29)35-12-16-10-17(25)2-4-20(16)36-22(13-35)32-33-23(36)15-6-8-34(9-7-15)21-5-3-18(26)19(11-30)31-21/h2-5,10,14-15H,6-9,12-13H2,1H3. The molecule has 12 heteroatoms. The van der Waals surface area contributed by atoms with Crippen LogP contribution in [0.4, 0.5) is 23.4 Å². The lowest BCUT2D eigenvalue weighted by Crippen LogP contribution is -2.42. The molecule has 1 unspecified atom stereocenters. The molecule has 2 aliphatic heterocycles. The summed E-state index contributed by atoms with van der Waals surface area (Å²) in [5.74, 6) is 1.02. The molecular weight excluding hydrogens is 498 g/mol. The zero-order valence-corrected chi connectivity index (χ0v) is 20.1. The summed E-state index contributed by atoms with van der Waals surface area (Å²) in [4.78, 5) is 7.43. The number of anilines is 1. The minimum Gasteiger partial charge on any atom is -0.357 e. The molecule has 0 radical (unpaired) electrons. The van der Waals surface area contributed by atoms with Crippen molar-refractivity contribution in [3.63, 3.8) is 0 Å². The number of nitrogens with zero attached hydrogens (tertiary/aromatic N) is 7. The van der Waals surface area contributed by atoms with Gasteiger partial charge < -0.3 is 4.90 Å². The van der Waals surface area contributed by atoms with Crippen LogP contribution in [0.2, 0.25) is 5.02 Å². The summed E-state index contributed by atoms with van der Waals surface area (Å²) in [6.45, 7) is 2.42. The predicted molar refractivity (Wildman–Crippen MR) is 124 cm³/mol. The normalized spacial score (nSPS) is 17.8. The van der Waals surface area contributed by atoms with E-state index in [1.165, 1.54) is 11.0 Å². The van der Waals surface area contributed by atoms with Gasteiger partial charge in [0.1, 0.15) is 23.8 Å². The zero-order chi connectivity index (χ0) is 25.6. The third kappa shape index (κ3) is 4.51. The van der Waals surface area contributed by atoms with E-state index in [1.807, 2.05) is 9.47 Å². The van der Waals surface area contributed by atoms with E-state index >= 15 is 0 Å². The monoisotopic (exact) mass is 519 g/mol. The van der Waals surface area contributed by atoms with Crippen LogP contribution < -0.4 is 4.90 Å². The molecule has 188 valence electrons. The van der Waals surface area contributed by atoms with Gasteiger partial charge in [-0.05, 0) is 55.7 Å². The number of rotatable bonds is 3. The van der Waals surface area contributed by atoms with Crippen LogP contribution in [0.15, 0.2) is 30.3 Å². The lowest BCUT2D eigenvalue weighted by molar-refractivity contribution is -0.182. The van der Waals surface area contributed by atoms with Crippen LogP contribution in [0.25, 0.3) is 5.69 Å². The summed E-state index contributed by atoms with van der Waals surface area (Å²) >= 11 is 6.21. The van der Waals surface area contributed by atoms with Gasteiger partial charge in [0.15, 0.2) is 17.3 Å². The molecule has 1 atom stereocenters. The highest BCUT2D eigenvalue weighted by molar-refractivity contribution is 6.30. The molecule has 0 spiro atoms. The molecule has 36 heavy (non-hydrogen) atoms. The van der Waals surface area contributed by atoms with E-state index in [2.05, 4.69) is 15.2 Å². The van der Waals surface area contributed by atoms with E-state index in [0.29, 0.717) is 54.0 Å². The number of hydrogen-bond acceptors (Lipinski definition) is 6. The van der Waals surface area contributed by atoms with Crippen LogP contribution in [0.1, 0.15) is 48.6 Å². The Hall–Kier alpha value is -3.23. The van der Waals surface area contributed by atoms with Gasteiger partial charge in [-0.2, -0.15) is 18.4 Å². The van der Waals surface area contributed by atoms with Gasteiger partial charge in [-0.1, -0.05) is 11.6 Å². The van der Waals surface area contributed by atoms with Crippen molar-refractivity contribution >= 4 is 17.4 Å². The number of halogens is 5. The molecule has 0 bridgehead atoms. The lowest BCUT2D eigenvalue weighted by atomic mass is 9.95. The molecule has 1 fully saturated rings. The third-order valence-electron chi connectivity index (χ3n) is 6.90. The van der Waals surface area contributed by atoms with E-state index in [4.69, 9.17) is 16.9 Å². The SMILES string of the molecule is CC(N1Cc2cc(Cl)ccc2-n2c(nnc2C2CCN(c3ccc(F)c(C#N)n3)CC2)C1)C(F)(F)F. The maximum atomic E-state index is 13.7. The quantitative estimate of drug-likeness (QED) is 0.455. The fraction of sp³-hybridized carbons (Fsp3) is 0.417. The van der Waals surface area contributed by atoms with Gasteiger partial charge in [0.25, 0.3) is 0 Å². The summed E-state index contributed by atoms with van der Waals surface area (Å²) in [6, 6.07) is 8.10. The first-order chi connectivity index (χ1) is 17.2. The van der Waals surface area contributed by atoms with E-state index in [0.717, 1.165) is 12.6 Å². The van der Waals surface area contributed by atoms with E-state index < -0.39 is 18.0 Å². The maximum Gasteiger partial charge on any atom is 0.403 e. The third-order valence-corrected chi connectivity index (χ3v) is 7.13. The maximum absolute atomic E-state index is 13.7. The Kier molecular flexibility index (Phi) is 6.34. The summed E-state index contributed by atoms with van der Waals surface area (Å²) in [6.07, 6.45) is -3.02. The zero-order valence-electron chi connectivity index (χ0n) is 19.3. The molecule has 0 saturated carbocycles. The first-order valence-electron chi connectivity index (χ1n) is 11.5. The van der Waals surface area contributed by atoms with Gasteiger partial charge in [-0.15, -0.1) is 10.2 Å². The van der Waals surface area contributed by atoms with E-state index in [-0.39, 0.29) is 24.7 Å². The van der Waals surface area contributed by atoms with Gasteiger partial charge in [0, 0.05) is 30.6 Å². The predicted octanol–water partition coefficient (Wildman–Crippen LogP) is 4.98. The van der Waals surface area contributed by atoms with Crippen LogP contribution in [0.5, 0.6) is 0 Å². The lowest BCUT2D eigenvalue weighted by Gasteiger charge is -2.32. The van der Waals surface area contributed by atoms with Crippen LogP contribution in [-0.4, -0.2) is 50.0 Å². The molecule has 2 aliphatic rings. The first-order valence-corrected chi connectivity index (χ1v) is 11.9. The largest absolute Gasteiger partial charge is 0.403 e. The number of nitriles is 1. The molecule has 7 nitrogen and oxygen atoms in total. The smallest absolute Gasteiger partial charge is 0.357 e. The second kappa shape index (κ2) is 9.33. The average Bonchev–Trinajstić information content (AvgIpc) is 3.19. The number of benzene rings is 1. The molecule has 0 amide bonds. The van der Waals surface area contributed by atoms with Gasteiger partial charge >= 0.3 is 6.18 Å². The molecule has 1 saturated heterocycles. The number of pyridine rings is 1. The molecule has 2 aromatic heterocycles. The van der Waals surface area contributed by atoms with E-state index in [9.17, 15) is 17.6 Å². The second-order valence-corrected chi connectivity index (χ2v) is 9.51. The molecular formula is C24H22ClF4N7. The minimum absolute atomic E-state index is 0.00471. The van der Waals surface area contributed by atoms with Crippen molar-refractivity contribution in [3.05, 3.63) is 64.1 Å². The number of hydrogen-bond donors (Lipinski definition) is 0. The Morgan fingerprint density at radius 2 is 1.86 bits per heavy atom. The van der Waals surface area contributed by atoms with Crippen molar-refractivity contribution in [2.45, 2.75) is 51.0 Å². The van der Waals surface area contributed by atoms with E-state index in [1.54, 1.807) is 30.3 Å². The van der Waals surface area contributed by atoms with Crippen LogP contribution in [0.3, 0.4) is 0 Å². The molecule has 0 N–H and O–H groups in total. The first kappa shape index (κ1) is 24.5. The summed E-state index contributed by atoms with van der Waals surface area (Å²) in [5.41, 5.74) is 1.16. The van der Waals surface area contributed by atoms with Gasteiger partial charge in [-0.3, -0.25) is 9.47 Å². The van der Waals surface area contributed by atoms with Gasteiger partial charge in [0.05, 0.1) is 12.2 Å². The van der Waals surface area contributed by atoms with Crippen molar-refractivity contribution in [3.8, 4) is 11.8 Å². The number of fused-ring (bicyclic) bond motifs is 3. The number of aromatic nitrogens is 4. The molecule has 0 aliphatic carbocycles. The topological polar surface area (TPSA) is 73.9 Å². The molecule has 1 aromatic carbocycles. The average molecular weight is 520 g/mol. The Morgan fingerprint density at radius 3 is 2.56 bits per heavy atom. The van der Waals surface area contributed by atoms with Crippen molar-refractivity contribution in [2.75, 3.05) is 18.0 Å². The fourth-order valence-corrected chi connectivity index (χ4v) is 5.04. The summed E-state index contributed by atoms with van der Waals surface area (Å²) in [5, 5.41) is 18.3. The Labute approximate surface area is 209 Å².